The third-order valence-electron chi connectivity index (χ3n) is 5.29. The van der Waals surface area contributed by atoms with Crippen LogP contribution in [0, 0.1) is 37.8 Å². The Morgan fingerprint density at radius 3 is 1.71 bits per heavy atom. The van der Waals surface area contributed by atoms with Crippen LogP contribution in [0.3, 0.4) is 0 Å². The zero-order chi connectivity index (χ0) is 24.7. The number of hydrogen-bond acceptors (Lipinski definition) is 7. The van der Waals surface area contributed by atoms with E-state index in [1.807, 2.05) is 51.1 Å². The fourth-order valence-corrected chi connectivity index (χ4v) is 3.42. The van der Waals surface area contributed by atoms with Gasteiger partial charge in [-0.05, 0) is 74.2 Å². The molecule has 0 spiro atoms. The van der Waals surface area contributed by atoms with E-state index in [0.717, 1.165) is 46.3 Å². The molecule has 0 radical (unpaired) electrons. The number of rotatable bonds is 5. The van der Waals surface area contributed by atoms with Crippen molar-refractivity contribution in [3.8, 4) is 0 Å². The van der Waals surface area contributed by atoms with Gasteiger partial charge in [0.1, 0.15) is 11.6 Å². The highest BCUT2D eigenvalue weighted by molar-refractivity contribution is 5.45. The normalized spacial score (nSPS) is 10.4. The number of aryl methyl sites for hydroxylation is 4. The van der Waals surface area contributed by atoms with Crippen molar-refractivity contribution < 1.29 is 4.92 Å². The number of anilines is 1. The van der Waals surface area contributed by atoms with Crippen LogP contribution in [0.4, 0.5) is 11.4 Å². The average molecular weight is 457 g/mol. The predicted octanol–water partition coefficient (Wildman–Crippen LogP) is 4.86. The average Bonchev–Trinajstić information content (AvgIpc) is 2.78. The molecule has 2 heterocycles. The quantitative estimate of drug-likeness (QED) is 0.259. The lowest BCUT2D eigenvalue weighted by Gasteiger charge is -2.06. The molecule has 2 aromatic carbocycles. The van der Waals surface area contributed by atoms with E-state index in [1.54, 1.807) is 24.5 Å². The van der Waals surface area contributed by atoms with Crippen LogP contribution in [0.5, 0.6) is 0 Å². The van der Waals surface area contributed by atoms with E-state index < -0.39 is 0 Å². The van der Waals surface area contributed by atoms with Crippen LogP contribution in [0.1, 0.15) is 45.3 Å². The topological polar surface area (TPSA) is 121 Å². The first-order valence-electron chi connectivity index (χ1n) is 10.9. The summed E-state index contributed by atoms with van der Waals surface area (Å²) in [7, 11) is 0. The lowest BCUT2D eigenvalue weighted by molar-refractivity contribution is -0.384. The summed E-state index contributed by atoms with van der Waals surface area (Å²) in [5.74, 6) is 1.58. The Morgan fingerprint density at radius 2 is 1.26 bits per heavy atom. The van der Waals surface area contributed by atoms with E-state index in [9.17, 15) is 10.1 Å². The Balaban J connectivity index is 0.000000192. The summed E-state index contributed by atoms with van der Waals surface area (Å²) >= 11 is 0. The highest BCUT2D eigenvalue weighted by Gasteiger charge is 2.09. The molecule has 0 saturated carbocycles. The van der Waals surface area contributed by atoms with Gasteiger partial charge in [0.2, 0.25) is 0 Å². The first kappa shape index (κ1) is 24.4. The van der Waals surface area contributed by atoms with Crippen LogP contribution in [-0.2, 0) is 12.8 Å². The zero-order valence-electron chi connectivity index (χ0n) is 19.8. The second kappa shape index (κ2) is 11.1. The number of nitrogens with zero attached hydrogens (tertiary/aromatic N) is 5. The minimum absolute atomic E-state index is 0.112. The van der Waals surface area contributed by atoms with Crippen molar-refractivity contribution in [2.45, 2.75) is 40.5 Å². The van der Waals surface area contributed by atoms with E-state index in [0.29, 0.717) is 6.42 Å². The summed E-state index contributed by atoms with van der Waals surface area (Å²) in [6, 6.07) is 14.5. The third kappa shape index (κ3) is 6.90. The van der Waals surface area contributed by atoms with Crippen molar-refractivity contribution in [2.75, 3.05) is 5.73 Å². The lowest BCUT2D eigenvalue weighted by atomic mass is 10.0. The number of nitrogen functional groups attached to an aromatic ring is 1. The van der Waals surface area contributed by atoms with E-state index in [-0.39, 0.29) is 10.6 Å². The Morgan fingerprint density at radius 1 is 0.765 bits per heavy atom. The van der Waals surface area contributed by atoms with E-state index >= 15 is 0 Å². The van der Waals surface area contributed by atoms with Gasteiger partial charge in [0.05, 0.1) is 4.92 Å². The molecule has 2 N–H and O–H groups in total. The SMILES string of the molecule is Cc1ccnc(Cc2ccc(N)cc2C)n1.Cc1ccnc(Cc2ccc([N+](=O)[O-])cc2C)n1. The molecule has 4 rings (SSSR count). The Kier molecular flexibility index (Phi) is 7.97. The van der Waals surface area contributed by atoms with Gasteiger partial charge in [-0.1, -0.05) is 12.1 Å². The standard InChI is InChI=1S/C13H13N3O2.C13H15N3/c1-9-7-12(16(17)18)4-3-11(9)8-13-14-6-5-10(2)15-13;1-9-7-12(14)4-3-11(9)8-13-15-6-5-10(2)16-13/h3-7H,8H2,1-2H3;3-7H,8,14H2,1-2H3. The number of non-ortho nitro benzene ring substituents is 1. The molecule has 8 heteroatoms. The number of benzene rings is 2. The molecule has 0 amide bonds. The fourth-order valence-electron chi connectivity index (χ4n) is 3.42. The van der Waals surface area contributed by atoms with Crippen molar-refractivity contribution in [3.63, 3.8) is 0 Å². The minimum Gasteiger partial charge on any atom is -0.399 e. The summed E-state index contributed by atoms with van der Waals surface area (Å²) in [6.07, 6.45) is 4.86. The summed E-state index contributed by atoms with van der Waals surface area (Å²) in [4.78, 5) is 27.4. The third-order valence-corrected chi connectivity index (χ3v) is 5.29. The minimum atomic E-state index is -0.389. The van der Waals surface area contributed by atoms with Crippen molar-refractivity contribution in [1.82, 2.24) is 19.9 Å². The smallest absolute Gasteiger partial charge is 0.269 e. The van der Waals surface area contributed by atoms with Gasteiger partial charge in [0.15, 0.2) is 0 Å². The summed E-state index contributed by atoms with van der Waals surface area (Å²) in [6.45, 7) is 7.80. The number of hydrogen-bond donors (Lipinski definition) is 1. The molecule has 4 aromatic rings. The molecular formula is C26H28N6O2. The van der Waals surface area contributed by atoms with Crippen LogP contribution in [0.15, 0.2) is 60.9 Å². The molecule has 0 aliphatic carbocycles. The number of nitro groups is 1. The molecule has 0 unspecified atom stereocenters. The van der Waals surface area contributed by atoms with Crippen molar-refractivity contribution in [2.24, 2.45) is 0 Å². The first-order valence-corrected chi connectivity index (χ1v) is 10.9. The van der Waals surface area contributed by atoms with Crippen LogP contribution in [-0.4, -0.2) is 24.9 Å². The fraction of sp³-hybridized carbons (Fsp3) is 0.231. The second-order valence-corrected chi connectivity index (χ2v) is 8.14. The maximum atomic E-state index is 10.6. The highest BCUT2D eigenvalue weighted by atomic mass is 16.6. The molecule has 34 heavy (non-hydrogen) atoms. The molecular weight excluding hydrogens is 428 g/mol. The van der Waals surface area contributed by atoms with Crippen LogP contribution in [0.2, 0.25) is 0 Å². The van der Waals surface area contributed by atoms with E-state index in [2.05, 4.69) is 26.9 Å². The molecule has 0 aliphatic rings. The van der Waals surface area contributed by atoms with Gasteiger partial charge < -0.3 is 5.73 Å². The summed E-state index contributed by atoms with van der Waals surface area (Å²) in [5.41, 5.74) is 12.8. The van der Waals surface area contributed by atoms with Gasteiger partial charge in [-0.25, -0.2) is 19.9 Å². The highest BCUT2D eigenvalue weighted by Crippen LogP contribution is 2.19. The molecule has 2 aromatic heterocycles. The van der Waals surface area contributed by atoms with Gasteiger partial charge in [-0.2, -0.15) is 0 Å². The maximum Gasteiger partial charge on any atom is 0.269 e. The lowest BCUT2D eigenvalue weighted by Crippen LogP contribution is -2.00. The van der Waals surface area contributed by atoms with Crippen LogP contribution in [0.25, 0.3) is 0 Å². The largest absolute Gasteiger partial charge is 0.399 e. The van der Waals surface area contributed by atoms with Gasteiger partial charge in [-0.15, -0.1) is 0 Å². The van der Waals surface area contributed by atoms with E-state index in [1.165, 1.54) is 17.2 Å². The molecule has 0 saturated heterocycles. The number of aromatic nitrogens is 4. The van der Waals surface area contributed by atoms with E-state index in [4.69, 9.17) is 5.73 Å². The Bertz CT molecular complexity index is 1310. The monoisotopic (exact) mass is 456 g/mol. The second-order valence-electron chi connectivity index (χ2n) is 8.14. The van der Waals surface area contributed by atoms with Crippen molar-refractivity contribution in [1.29, 1.82) is 0 Å². The number of nitro benzene ring substituents is 1. The first-order chi connectivity index (χ1) is 16.2. The predicted molar refractivity (Wildman–Crippen MR) is 133 cm³/mol. The Hall–Kier alpha value is -4.20. The summed E-state index contributed by atoms with van der Waals surface area (Å²) < 4.78 is 0. The van der Waals surface area contributed by atoms with Gasteiger partial charge in [-0.3, -0.25) is 10.1 Å². The maximum absolute atomic E-state index is 10.6. The molecule has 8 nitrogen and oxygen atoms in total. The van der Waals surface area contributed by atoms with Crippen LogP contribution >= 0.6 is 0 Å². The van der Waals surface area contributed by atoms with Crippen LogP contribution < -0.4 is 5.73 Å². The summed E-state index contributed by atoms with van der Waals surface area (Å²) in [5, 5.41) is 10.6. The molecule has 0 atom stereocenters. The molecule has 0 aliphatic heterocycles. The van der Waals surface area contributed by atoms with Crippen molar-refractivity contribution in [3.05, 3.63) is 116 Å². The molecule has 0 fully saturated rings. The van der Waals surface area contributed by atoms with Crippen molar-refractivity contribution >= 4 is 11.4 Å². The molecule has 0 bridgehead atoms. The van der Waals surface area contributed by atoms with Gasteiger partial charge in [0, 0.05) is 54.4 Å². The zero-order valence-corrected chi connectivity index (χ0v) is 19.8. The molecule has 174 valence electrons. The Labute approximate surface area is 199 Å². The van der Waals surface area contributed by atoms with Gasteiger partial charge >= 0.3 is 0 Å². The number of nitrogens with two attached hydrogens (primary N) is 1. The van der Waals surface area contributed by atoms with Gasteiger partial charge in [0.25, 0.3) is 5.69 Å².